The van der Waals surface area contributed by atoms with Gasteiger partial charge in [-0.25, -0.2) is 4.79 Å². The molecule has 1 aromatic heterocycles. The number of aromatic nitrogens is 1. The highest BCUT2D eigenvalue weighted by atomic mass is 16.6. The van der Waals surface area contributed by atoms with E-state index >= 15 is 0 Å². The summed E-state index contributed by atoms with van der Waals surface area (Å²) in [6.07, 6.45) is 4.06. The lowest BCUT2D eigenvalue weighted by Crippen LogP contribution is -2.58. The monoisotopic (exact) mass is 646 g/mol. The number of rotatable bonds is 9. The number of nitrogens with zero attached hydrogens (tertiary/aromatic N) is 1. The average Bonchev–Trinajstić information content (AvgIpc) is 3.47. The molecule has 3 heterocycles. The van der Waals surface area contributed by atoms with Gasteiger partial charge < -0.3 is 33.4 Å². The first-order valence-corrected chi connectivity index (χ1v) is 16.1. The molecule has 0 spiro atoms. The topological polar surface area (TPSA) is 126 Å². The molecule has 11 heteroatoms. The second-order valence-corrected chi connectivity index (χ2v) is 12.4. The Hall–Kier alpha value is -4.35. The van der Waals surface area contributed by atoms with Crippen LogP contribution in [0.2, 0.25) is 0 Å². The molecule has 3 aliphatic rings. The number of esters is 3. The van der Waals surface area contributed by atoms with E-state index in [0.29, 0.717) is 17.7 Å². The normalized spacial score (nSPS) is 25.4. The third kappa shape index (κ3) is 6.34. The Balaban J connectivity index is 1.21. The molecule has 0 unspecified atom stereocenters. The minimum absolute atomic E-state index is 0.0189. The van der Waals surface area contributed by atoms with Crippen LogP contribution in [0.5, 0.6) is 17.2 Å². The van der Waals surface area contributed by atoms with Crippen molar-refractivity contribution >= 4 is 34.9 Å². The van der Waals surface area contributed by atoms with Crippen LogP contribution in [-0.4, -0.2) is 81.5 Å². The lowest BCUT2D eigenvalue weighted by molar-refractivity contribution is -0.187. The zero-order chi connectivity index (χ0) is 33.2. The molecule has 47 heavy (non-hydrogen) atoms. The number of carbonyl (C=O) groups is 3. The summed E-state index contributed by atoms with van der Waals surface area (Å²) in [5.41, 5.74) is 4.19. The Bertz CT molecular complexity index is 1680. The van der Waals surface area contributed by atoms with Gasteiger partial charge >= 0.3 is 17.9 Å². The van der Waals surface area contributed by atoms with Gasteiger partial charge in [-0.1, -0.05) is 13.0 Å². The fourth-order valence-corrected chi connectivity index (χ4v) is 7.78. The third-order valence-corrected chi connectivity index (χ3v) is 9.98. The van der Waals surface area contributed by atoms with Crippen molar-refractivity contribution in [2.75, 3.05) is 41.5 Å². The lowest BCUT2D eigenvalue weighted by atomic mass is 9.63. The van der Waals surface area contributed by atoms with Crippen LogP contribution in [-0.2, 0) is 35.0 Å². The van der Waals surface area contributed by atoms with Crippen molar-refractivity contribution in [3.8, 4) is 17.2 Å². The summed E-state index contributed by atoms with van der Waals surface area (Å²) < 4.78 is 33.4. The summed E-state index contributed by atoms with van der Waals surface area (Å²) in [5.74, 6) is -0.356. The van der Waals surface area contributed by atoms with Gasteiger partial charge in [0.1, 0.15) is 18.0 Å². The minimum atomic E-state index is -0.663. The average molecular weight is 647 g/mol. The van der Waals surface area contributed by atoms with E-state index in [1.807, 2.05) is 12.1 Å². The van der Waals surface area contributed by atoms with Crippen molar-refractivity contribution in [1.29, 1.82) is 0 Å². The van der Waals surface area contributed by atoms with E-state index in [-0.39, 0.29) is 36.0 Å². The number of nitrogens with one attached hydrogen (secondary N) is 1. The highest BCUT2D eigenvalue weighted by molar-refractivity contribution is 5.88. The Kier molecular flexibility index (Phi) is 9.56. The van der Waals surface area contributed by atoms with Crippen molar-refractivity contribution < 1.29 is 42.8 Å². The lowest BCUT2D eigenvalue weighted by Gasteiger charge is -2.52. The van der Waals surface area contributed by atoms with E-state index in [4.69, 9.17) is 28.4 Å². The molecule has 0 bridgehead atoms. The molecule has 1 N–H and O–H groups in total. The number of benzene rings is 2. The number of piperidine rings is 1. The van der Waals surface area contributed by atoms with Crippen molar-refractivity contribution in [3.05, 3.63) is 59.3 Å². The first-order chi connectivity index (χ1) is 22.8. The molecular weight excluding hydrogens is 604 g/mol. The predicted molar refractivity (Wildman–Crippen MR) is 173 cm³/mol. The molecule has 250 valence electrons. The van der Waals surface area contributed by atoms with Crippen LogP contribution in [0.15, 0.2) is 42.5 Å². The molecule has 1 saturated carbocycles. The van der Waals surface area contributed by atoms with Gasteiger partial charge in [-0.3, -0.25) is 14.5 Å². The number of carbonyl (C=O) groups excluding carboxylic acids is 3. The molecule has 6 atom stereocenters. The third-order valence-electron chi connectivity index (χ3n) is 9.98. The molecule has 2 fully saturated rings. The maximum absolute atomic E-state index is 13.4. The quantitative estimate of drug-likeness (QED) is 0.196. The fraction of sp³-hybridized carbons (Fsp3) is 0.472. The maximum Gasteiger partial charge on any atom is 0.331 e. The maximum atomic E-state index is 13.4. The smallest absolute Gasteiger partial charge is 0.331 e. The minimum Gasteiger partial charge on any atom is -0.497 e. The largest absolute Gasteiger partial charge is 0.497 e. The van der Waals surface area contributed by atoms with Crippen molar-refractivity contribution in [3.63, 3.8) is 0 Å². The van der Waals surface area contributed by atoms with E-state index in [0.717, 1.165) is 37.2 Å². The molecule has 1 saturated heterocycles. The summed E-state index contributed by atoms with van der Waals surface area (Å²) in [6.45, 7) is 3.38. The van der Waals surface area contributed by atoms with Gasteiger partial charge in [-0.05, 0) is 72.6 Å². The van der Waals surface area contributed by atoms with E-state index < -0.39 is 30.1 Å². The summed E-state index contributed by atoms with van der Waals surface area (Å²) in [4.78, 5) is 44.6. The number of hydrogen-bond acceptors (Lipinski definition) is 10. The number of hydrogen-bond donors (Lipinski definition) is 1. The predicted octanol–water partition coefficient (Wildman–Crippen LogP) is 4.87. The van der Waals surface area contributed by atoms with Gasteiger partial charge in [0.2, 0.25) is 0 Å². The van der Waals surface area contributed by atoms with Crippen LogP contribution in [0.3, 0.4) is 0 Å². The van der Waals surface area contributed by atoms with Gasteiger partial charge in [0, 0.05) is 55.4 Å². The molecule has 11 nitrogen and oxygen atoms in total. The Morgan fingerprint density at radius 3 is 2.55 bits per heavy atom. The van der Waals surface area contributed by atoms with E-state index in [2.05, 4.69) is 16.0 Å². The van der Waals surface area contributed by atoms with Gasteiger partial charge in [-0.15, -0.1) is 0 Å². The van der Waals surface area contributed by atoms with Gasteiger partial charge in [0.05, 0.1) is 33.3 Å². The van der Waals surface area contributed by atoms with E-state index in [9.17, 15) is 14.4 Å². The van der Waals surface area contributed by atoms with Crippen molar-refractivity contribution in [2.24, 2.45) is 17.8 Å². The van der Waals surface area contributed by atoms with Gasteiger partial charge in [-0.2, -0.15) is 0 Å². The van der Waals surface area contributed by atoms with Crippen LogP contribution in [0.4, 0.5) is 0 Å². The Labute approximate surface area is 274 Å². The Morgan fingerprint density at radius 2 is 1.83 bits per heavy atom. The second kappa shape index (κ2) is 13.8. The first kappa shape index (κ1) is 32.6. The molecular formula is C36H42N2O9. The summed E-state index contributed by atoms with van der Waals surface area (Å²) in [6, 6.07) is 11.3. The van der Waals surface area contributed by atoms with Crippen LogP contribution in [0.1, 0.15) is 49.0 Å². The number of fused-ring (bicyclic) bond motifs is 6. The molecule has 2 aliphatic heterocycles. The molecule has 6 rings (SSSR count). The van der Waals surface area contributed by atoms with E-state index in [1.54, 1.807) is 45.4 Å². The highest BCUT2D eigenvalue weighted by Gasteiger charge is 2.54. The highest BCUT2D eigenvalue weighted by Crippen LogP contribution is 2.50. The number of methoxy groups -OCH3 is 4. The van der Waals surface area contributed by atoms with Gasteiger partial charge in [0.15, 0.2) is 11.5 Å². The van der Waals surface area contributed by atoms with Crippen LogP contribution >= 0.6 is 0 Å². The number of ether oxygens (including phenoxy) is 6. The fourth-order valence-electron chi connectivity index (χ4n) is 7.78. The molecule has 0 radical (unpaired) electrons. The summed E-state index contributed by atoms with van der Waals surface area (Å²) >= 11 is 0. The SMILES string of the molecule is CCC(=O)Oc1cc(C=CC(=O)O[C@@H]2C[C@@H]3CN4CCc5c([nH]c6cc(OC)ccc56)[C@H]4C[C@@H]3[C@H](C(=O)OC)[C@H]2OC)ccc1OC. The number of aromatic amines is 1. The zero-order valence-electron chi connectivity index (χ0n) is 27.4. The van der Waals surface area contributed by atoms with Crippen LogP contribution < -0.4 is 14.2 Å². The first-order valence-electron chi connectivity index (χ1n) is 16.1. The molecule has 0 amide bonds. The van der Waals surface area contributed by atoms with Crippen LogP contribution in [0, 0.1) is 17.8 Å². The van der Waals surface area contributed by atoms with Gasteiger partial charge in [0.25, 0.3) is 0 Å². The zero-order valence-corrected chi connectivity index (χ0v) is 27.4. The van der Waals surface area contributed by atoms with Crippen molar-refractivity contribution in [1.82, 2.24) is 9.88 Å². The van der Waals surface area contributed by atoms with E-state index in [1.165, 1.54) is 36.9 Å². The second-order valence-electron chi connectivity index (χ2n) is 12.4. The molecule has 1 aliphatic carbocycles. The standard InChI is InChI=1S/C36H42N2O9/c1-6-31(39)46-29-15-20(7-11-28(29)43-3)8-12-32(40)47-30-16-21-19-38-14-13-24-23-10-9-22(42-2)17-26(23)37-34(24)27(38)18-25(21)33(35(30)44-4)36(41)45-5/h7-12,15,17,21,25,27,30,33,35,37H,6,13-14,16,18-19H2,1-5H3/t21-,25+,27-,30-,33+,35+/m1/s1. The summed E-state index contributed by atoms with van der Waals surface area (Å²) in [5, 5.41) is 1.21. The molecule has 2 aromatic carbocycles. The van der Waals surface area contributed by atoms with Crippen molar-refractivity contribution in [2.45, 2.75) is 50.9 Å². The summed E-state index contributed by atoms with van der Waals surface area (Å²) in [7, 11) is 6.10. The Morgan fingerprint density at radius 1 is 1.00 bits per heavy atom. The molecule has 3 aromatic rings. The van der Waals surface area contributed by atoms with Crippen LogP contribution in [0.25, 0.3) is 17.0 Å². The number of H-pyrrole nitrogens is 1.